The van der Waals surface area contributed by atoms with Gasteiger partial charge in [0.15, 0.2) is 15.5 Å². The minimum Gasteiger partial charge on any atom is -0.278 e. The minimum atomic E-state index is -3.71. The molecule has 0 aliphatic rings. The topological polar surface area (TPSA) is 67.2 Å². The summed E-state index contributed by atoms with van der Waals surface area (Å²) in [5, 5.41) is 7.66. The number of H-pyrrole nitrogens is 1. The highest BCUT2D eigenvalue weighted by molar-refractivity contribution is 7.90. The van der Waals surface area contributed by atoms with Gasteiger partial charge in [0.2, 0.25) is 0 Å². The van der Waals surface area contributed by atoms with E-state index in [-0.39, 0.29) is 5.69 Å². The summed E-state index contributed by atoms with van der Waals surface area (Å²) in [4.78, 5) is 3.19. The number of aryl methyl sites for hydroxylation is 2. The van der Waals surface area contributed by atoms with Gasteiger partial charge in [-0.15, -0.1) is 0 Å². The number of rotatable bonds is 5. The Kier molecular flexibility index (Phi) is 5.76. The Bertz CT molecular complexity index is 1530. The molecule has 0 amide bonds. The number of sulfone groups is 1. The van der Waals surface area contributed by atoms with Crippen LogP contribution in [0.25, 0.3) is 38.1 Å². The third kappa shape index (κ3) is 4.12. The average molecular weight is 466 g/mol. The first-order chi connectivity index (χ1) is 15.6. The van der Waals surface area contributed by atoms with Crippen molar-refractivity contribution < 1.29 is 17.2 Å². The molecule has 0 fully saturated rings. The Hall–Kier alpha value is -3.57. The van der Waals surface area contributed by atoms with Crippen molar-refractivity contribution in [2.45, 2.75) is 31.6 Å². The molecule has 0 saturated carbocycles. The maximum absolute atomic E-state index is 15.2. The molecule has 1 aromatic heterocycles. The van der Waals surface area contributed by atoms with E-state index in [1.54, 1.807) is 12.1 Å². The smallest absolute Gasteiger partial charge is 0.197 e. The second kappa shape index (κ2) is 8.41. The SMILES string of the molecule is [C-]#[N+]c1cc2[nH]nc(-c3ccc(S(C)(=O)=O)c(F)c3)c2cc1-c1c(C)cc(CCC)cc1F. The second-order valence-corrected chi connectivity index (χ2v) is 10.0. The van der Waals surface area contributed by atoms with E-state index >= 15 is 4.39 Å². The van der Waals surface area contributed by atoms with Gasteiger partial charge in [-0.1, -0.05) is 31.5 Å². The van der Waals surface area contributed by atoms with Crippen LogP contribution in [0.4, 0.5) is 14.5 Å². The maximum Gasteiger partial charge on any atom is 0.197 e. The Balaban J connectivity index is 1.93. The zero-order chi connectivity index (χ0) is 23.9. The van der Waals surface area contributed by atoms with E-state index in [2.05, 4.69) is 15.0 Å². The fraction of sp³-hybridized carbons (Fsp3) is 0.200. The number of hydrogen-bond donors (Lipinski definition) is 1. The zero-order valence-electron chi connectivity index (χ0n) is 18.3. The summed E-state index contributed by atoms with van der Waals surface area (Å²) in [6.45, 7) is 11.4. The monoisotopic (exact) mass is 465 g/mol. The van der Waals surface area contributed by atoms with Crippen molar-refractivity contribution in [1.29, 1.82) is 0 Å². The van der Waals surface area contributed by atoms with Crippen LogP contribution in [0.1, 0.15) is 24.5 Å². The molecule has 0 bridgehead atoms. The van der Waals surface area contributed by atoms with Crippen molar-refractivity contribution in [2.24, 2.45) is 0 Å². The maximum atomic E-state index is 15.2. The number of aromatic nitrogens is 2. The molecule has 0 saturated heterocycles. The van der Waals surface area contributed by atoms with E-state index in [0.717, 1.165) is 36.3 Å². The van der Waals surface area contributed by atoms with Crippen molar-refractivity contribution in [3.8, 4) is 22.4 Å². The van der Waals surface area contributed by atoms with Gasteiger partial charge >= 0.3 is 0 Å². The molecule has 0 aliphatic heterocycles. The van der Waals surface area contributed by atoms with Crippen LogP contribution in [0.15, 0.2) is 47.4 Å². The normalized spacial score (nSPS) is 11.6. The molecule has 3 aromatic carbocycles. The van der Waals surface area contributed by atoms with Gasteiger partial charge in [-0.2, -0.15) is 5.10 Å². The predicted octanol–water partition coefficient (Wildman–Crippen LogP) is 6.39. The quantitative estimate of drug-likeness (QED) is 0.347. The fourth-order valence-corrected chi connectivity index (χ4v) is 4.83. The van der Waals surface area contributed by atoms with Gasteiger partial charge in [-0.3, -0.25) is 5.10 Å². The molecule has 1 N–H and O–H groups in total. The predicted molar refractivity (Wildman–Crippen MR) is 125 cm³/mol. The van der Waals surface area contributed by atoms with Gasteiger partial charge in [0, 0.05) is 22.8 Å². The van der Waals surface area contributed by atoms with Gasteiger partial charge in [0.05, 0.1) is 17.8 Å². The standard InChI is InChI=1S/C25H21F2N3O2S/c1-5-6-15-9-14(2)24(20(27)10-15)17-12-18-22(13-21(17)28-3)29-30-25(18)16-7-8-23(19(26)11-16)33(4,31)32/h7-13H,5-6H2,1-2,4H3,(H,29,30). The lowest BCUT2D eigenvalue weighted by Crippen LogP contribution is -2.00. The first kappa shape index (κ1) is 22.6. The summed E-state index contributed by atoms with van der Waals surface area (Å²) in [6, 6.07) is 10.5. The average Bonchev–Trinajstić information content (AvgIpc) is 3.14. The molecule has 168 valence electrons. The Morgan fingerprint density at radius 1 is 1.09 bits per heavy atom. The summed E-state index contributed by atoms with van der Waals surface area (Å²) in [7, 11) is -3.71. The molecule has 0 radical (unpaired) electrons. The number of nitrogens with zero attached hydrogens (tertiary/aromatic N) is 2. The zero-order valence-corrected chi connectivity index (χ0v) is 19.1. The summed E-state index contributed by atoms with van der Waals surface area (Å²) < 4.78 is 53.1. The number of fused-ring (bicyclic) bond motifs is 1. The highest BCUT2D eigenvalue weighted by atomic mass is 32.2. The molecule has 33 heavy (non-hydrogen) atoms. The van der Waals surface area contributed by atoms with Gasteiger partial charge in [-0.25, -0.2) is 22.0 Å². The first-order valence-corrected chi connectivity index (χ1v) is 12.2. The molecule has 0 aliphatic carbocycles. The van der Waals surface area contributed by atoms with Crippen molar-refractivity contribution in [3.05, 3.63) is 76.6 Å². The minimum absolute atomic E-state index is 0.265. The molecule has 8 heteroatoms. The van der Waals surface area contributed by atoms with E-state index in [1.807, 2.05) is 19.9 Å². The van der Waals surface area contributed by atoms with Crippen LogP contribution in [0.5, 0.6) is 0 Å². The highest BCUT2D eigenvalue weighted by Crippen LogP contribution is 2.40. The summed E-state index contributed by atoms with van der Waals surface area (Å²) in [5.41, 5.74) is 3.92. The second-order valence-electron chi connectivity index (χ2n) is 8.04. The molecule has 5 nitrogen and oxygen atoms in total. The molecular weight excluding hydrogens is 444 g/mol. The number of nitrogens with one attached hydrogen (secondary N) is 1. The van der Waals surface area contributed by atoms with Gasteiger partial charge in [0.25, 0.3) is 0 Å². The first-order valence-electron chi connectivity index (χ1n) is 10.3. The van der Waals surface area contributed by atoms with Crippen LogP contribution in [-0.4, -0.2) is 24.9 Å². The van der Waals surface area contributed by atoms with Gasteiger partial charge in [-0.05, 0) is 54.3 Å². The summed E-state index contributed by atoms with van der Waals surface area (Å²) in [5.74, 6) is -1.28. The summed E-state index contributed by atoms with van der Waals surface area (Å²) in [6.07, 6.45) is 2.59. The van der Waals surface area contributed by atoms with Crippen molar-refractivity contribution >= 4 is 26.4 Å². The third-order valence-electron chi connectivity index (χ3n) is 5.56. The van der Waals surface area contributed by atoms with Gasteiger partial charge < -0.3 is 0 Å². The summed E-state index contributed by atoms with van der Waals surface area (Å²) >= 11 is 0. The largest absolute Gasteiger partial charge is 0.278 e. The molecule has 0 spiro atoms. The lowest BCUT2D eigenvalue weighted by Gasteiger charge is -2.13. The molecule has 0 unspecified atom stereocenters. The van der Waals surface area contributed by atoms with E-state index in [1.165, 1.54) is 18.2 Å². The fourth-order valence-electron chi connectivity index (χ4n) is 4.10. The van der Waals surface area contributed by atoms with Crippen LogP contribution in [0.2, 0.25) is 0 Å². The van der Waals surface area contributed by atoms with Crippen molar-refractivity contribution in [2.75, 3.05) is 6.26 Å². The number of halogens is 2. The third-order valence-corrected chi connectivity index (χ3v) is 6.69. The molecule has 1 heterocycles. The van der Waals surface area contributed by atoms with Crippen LogP contribution in [-0.2, 0) is 16.3 Å². The molecule has 4 aromatic rings. The van der Waals surface area contributed by atoms with Crippen molar-refractivity contribution in [1.82, 2.24) is 10.2 Å². The Labute approximate surface area is 190 Å². The lowest BCUT2D eigenvalue weighted by molar-refractivity contribution is 0.571. The lowest BCUT2D eigenvalue weighted by atomic mass is 9.93. The molecular formula is C25H21F2N3O2S. The molecule has 0 atom stereocenters. The van der Waals surface area contributed by atoms with E-state index in [9.17, 15) is 12.8 Å². The Morgan fingerprint density at radius 3 is 2.45 bits per heavy atom. The van der Waals surface area contributed by atoms with Crippen LogP contribution in [0.3, 0.4) is 0 Å². The van der Waals surface area contributed by atoms with Crippen LogP contribution in [0, 0.1) is 25.1 Å². The van der Waals surface area contributed by atoms with E-state index in [0.29, 0.717) is 33.3 Å². The Morgan fingerprint density at radius 2 is 1.85 bits per heavy atom. The number of aromatic amines is 1. The van der Waals surface area contributed by atoms with Crippen LogP contribution < -0.4 is 0 Å². The molecule has 4 rings (SSSR count). The van der Waals surface area contributed by atoms with E-state index in [4.69, 9.17) is 6.57 Å². The number of benzene rings is 3. The van der Waals surface area contributed by atoms with Crippen LogP contribution >= 0.6 is 0 Å². The van der Waals surface area contributed by atoms with E-state index < -0.39 is 26.4 Å². The van der Waals surface area contributed by atoms with Gasteiger partial charge in [0.1, 0.15) is 16.5 Å². The highest BCUT2D eigenvalue weighted by Gasteiger charge is 2.20. The van der Waals surface area contributed by atoms with Crippen molar-refractivity contribution in [3.63, 3.8) is 0 Å². The number of hydrogen-bond acceptors (Lipinski definition) is 3.